The minimum Gasteiger partial charge on any atom is -0.493 e. The fraction of sp³-hybridized carbons (Fsp3) is 0.643. The van der Waals surface area contributed by atoms with Crippen molar-refractivity contribution in [3.05, 3.63) is 59.7 Å². The van der Waals surface area contributed by atoms with E-state index in [1.807, 2.05) is 30.3 Å². The van der Waals surface area contributed by atoms with Crippen molar-refractivity contribution in [3.63, 3.8) is 0 Å². The maximum Gasteiger partial charge on any atom is 0.410 e. The van der Waals surface area contributed by atoms with Crippen LogP contribution in [-0.2, 0) is 51.3 Å². The molecule has 2 aromatic carbocycles. The van der Waals surface area contributed by atoms with E-state index in [0.717, 1.165) is 27.2 Å². The lowest BCUT2D eigenvalue weighted by Crippen LogP contribution is -2.64. The number of fused-ring (bicyclic) bond motifs is 2. The highest BCUT2D eigenvalue weighted by Gasteiger charge is 2.50. The maximum absolute atomic E-state index is 15.2. The molecule has 84 heavy (non-hydrogen) atoms. The quantitative estimate of drug-likeness (QED) is 0.0813. The van der Waals surface area contributed by atoms with Crippen molar-refractivity contribution >= 4 is 47.6 Å². The summed E-state index contributed by atoms with van der Waals surface area (Å²) in [5, 5.41) is 102. The van der Waals surface area contributed by atoms with Gasteiger partial charge in [0.15, 0.2) is 11.5 Å². The van der Waals surface area contributed by atoms with E-state index in [4.69, 9.17) is 18.9 Å². The van der Waals surface area contributed by atoms with Crippen LogP contribution in [0.4, 0.5) is 9.59 Å². The molecular formula is C56H84N8O20. The summed E-state index contributed by atoms with van der Waals surface area (Å²) in [5.74, 6) is -7.51. The summed E-state index contributed by atoms with van der Waals surface area (Å²) in [6.45, 7) is 8.22. The van der Waals surface area contributed by atoms with Gasteiger partial charge >= 0.3 is 12.2 Å². The number of methoxy groups -OCH3 is 1. The number of nitrogens with one attached hydrogen (secondary N) is 5. The highest BCUT2D eigenvalue weighted by molar-refractivity contribution is 5.98. The number of hydrogen-bond acceptors (Lipinski definition) is 20. The summed E-state index contributed by atoms with van der Waals surface area (Å²) in [6.07, 6.45) is -15.0. The molecule has 3 heterocycles. The Balaban J connectivity index is 1.64. The molecule has 8 amide bonds. The SMILES string of the molecule is COc1cc(C[C@@H](O)C2NC(=O)[C@@H]3C[C@@H](O)CN3C(=O)C([C@@H](C)O)NC(=O)C(NC(=O)OC(C)(C)C)C[C@@H](O)CNC(=O)[C@@H]3[C@@H](O)[C@@H](C)CN3C(=O)[C@H]([C@H](O)CCN(C(=O)OC(C)(C)C)C(CO)CO)NC2=O)ccc1OCc1ccccc1. The molecule has 3 aliphatic heterocycles. The highest BCUT2D eigenvalue weighted by Crippen LogP contribution is 2.31. The number of β-amino-alcohol motifs (C(OH)–C–C–N with tert-alkyl or cyclic N) is 1. The second-order valence-corrected chi connectivity index (χ2v) is 23.4. The molecule has 2 aromatic rings. The van der Waals surface area contributed by atoms with Crippen LogP contribution in [0.3, 0.4) is 0 Å². The Morgan fingerprint density at radius 2 is 1.35 bits per heavy atom. The van der Waals surface area contributed by atoms with Crippen LogP contribution in [0.5, 0.6) is 11.5 Å². The summed E-state index contributed by atoms with van der Waals surface area (Å²) in [7, 11) is 1.37. The normalized spacial score (nSPS) is 26.3. The van der Waals surface area contributed by atoms with Gasteiger partial charge in [-0.1, -0.05) is 43.3 Å². The van der Waals surface area contributed by atoms with E-state index in [9.17, 15) is 69.6 Å². The van der Waals surface area contributed by atoms with Crippen LogP contribution < -0.4 is 36.1 Å². The van der Waals surface area contributed by atoms with Gasteiger partial charge in [0.05, 0.1) is 63.0 Å². The first-order chi connectivity index (χ1) is 39.4. The average Bonchev–Trinajstić information content (AvgIpc) is 3.34. The summed E-state index contributed by atoms with van der Waals surface area (Å²) < 4.78 is 22.4. The predicted octanol–water partition coefficient (Wildman–Crippen LogP) is -2.70. The van der Waals surface area contributed by atoms with E-state index < -0.39 is 209 Å². The number of carbonyl (C=O) groups excluding carboxylic acids is 8. The topological polar surface area (TPSA) is 405 Å². The number of benzene rings is 2. The van der Waals surface area contributed by atoms with E-state index in [-0.39, 0.29) is 12.4 Å². The molecular weight excluding hydrogens is 1100 g/mol. The van der Waals surface area contributed by atoms with Crippen molar-refractivity contribution in [2.75, 3.05) is 46.5 Å². The molecule has 28 nitrogen and oxygen atoms in total. The molecule has 5 rings (SSSR count). The highest BCUT2D eigenvalue weighted by atomic mass is 16.6. The molecule has 0 aromatic heterocycles. The Morgan fingerprint density at radius 1 is 0.726 bits per heavy atom. The largest absolute Gasteiger partial charge is 0.493 e. The first kappa shape index (κ1) is 67.9. The number of amides is 8. The van der Waals surface area contributed by atoms with Gasteiger partial charge in [0.1, 0.15) is 54.1 Å². The number of aliphatic hydroxyl groups excluding tert-OH is 8. The minimum atomic E-state index is -2.17. The van der Waals surface area contributed by atoms with E-state index in [0.29, 0.717) is 11.3 Å². The third-order valence-corrected chi connectivity index (χ3v) is 14.2. The summed E-state index contributed by atoms with van der Waals surface area (Å²) >= 11 is 0. The van der Waals surface area contributed by atoms with Crippen molar-refractivity contribution < 1.29 is 98.2 Å². The van der Waals surface area contributed by atoms with Gasteiger partial charge < -0.3 is 101 Å². The van der Waals surface area contributed by atoms with Crippen molar-refractivity contribution in [2.45, 2.75) is 178 Å². The molecule has 3 saturated heterocycles. The van der Waals surface area contributed by atoms with Gasteiger partial charge in [-0.3, -0.25) is 28.8 Å². The Hall–Kier alpha value is -6.92. The number of carbonyl (C=O) groups is 8. The maximum atomic E-state index is 15.2. The molecule has 468 valence electrons. The van der Waals surface area contributed by atoms with Gasteiger partial charge in [0.25, 0.3) is 0 Å². The Bertz CT molecular complexity index is 2600. The summed E-state index contributed by atoms with van der Waals surface area (Å²) in [6, 6.07) is 0.994. The zero-order chi connectivity index (χ0) is 62.5. The van der Waals surface area contributed by atoms with Crippen LogP contribution in [0, 0.1) is 5.92 Å². The predicted molar refractivity (Wildman–Crippen MR) is 296 cm³/mol. The number of hydrogen-bond donors (Lipinski definition) is 13. The lowest BCUT2D eigenvalue weighted by Gasteiger charge is -2.35. The van der Waals surface area contributed by atoms with Gasteiger partial charge in [0, 0.05) is 51.4 Å². The third-order valence-electron chi connectivity index (χ3n) is 14.2. The monoisotopic (exact) mass is 1190 g/mol. The molecule has 13 N–H and O–H groups in total. The molecule has 28 heteroatoms. The van der Waals surface area contributed by atoms with Gasteiger partial charge in [-0.15, -0.1) is 0 Å². The number of nitrogens with zero attached hydrogens (tertiary/aromatic N) is 3. The molecule has 0 saturated carbocycles. The van der Waals surface area contributed by atoms with Crippen molar-refractivity contribution in [1.82, 2.24) is 41.3 Å². The molecule has 3 fully saturated rings. The molecule has 0 radical (unpaired) electrons. The van der Waals surface area contributed by atoms with Crippen LogP contribution >= 0.6 is 0 Å². The Morgan fingerprint density at radius 3 is 1.95 bits per heavy atom. The fourth-order valence-corrected chi connectivity index (χ4v) is 9.86. The van der Waals surface area contributed by atoms with Crippen molar-refractivity contribution in [2.24, 2.45) is 5.92 Å². The van der Waals surface area contributed by atoms with E-state index in [1.165, 1.54) is 53.0 Å². The second kappa shape index (κ2) is 29.7. The smallest absolute Gasteiger partial charge is 0.410 e. The van der Waals surface area contributed by atoms with Crippen LogP contribution in [0.15, 0.2) is 48.5 Å². The van der Waals surface area contributed by atoms with Gasteiger partial charge in [-0.05, 0) is 78.1 Å². The number of ether oxygens (including phenoxy) is 4. The Labute approximate surface area is 487 Å². The summed E-state index contributed by atoms with van der Waals surface area (Å²) in [4.78, 5) is 117. The first-order valence-electron chi connectivity index (χ1n) is 27.8. The molecule has 0 bridgehead atoms. The standard InChI is InChI=1S/C56H84N8O20/c1-29-24-64-45(46(29)72)50(76)57-23-34(68)21-36(58-53(79)83-55(3,4)5)47(73)59-42(30(2)67)51(77)63-25-35(69)22-37(63)48(74)60-43(39(71)19-32-15-16-40(41(20-32)81-9)82-28-31-13-11-10-12-14-31)49(75)61-44(52(64)78)38(70)17-18-62(33(26-65)27-66)54(80)84-56(6,7)8/h10-16,20,29-30,33-39,42-46,65-72H,17-19,21-28H2,1-9H3,(H,57,76)(H,58,79)(H,59,73)(H,60,74)(H,61,75)/t29-,30+,34+,35+,36?,37-,38+,39+,42?,43?,44-,45-,46-/m0/s1. The molecule has 13 atom stereocenters. The Kier molecular flexibility index (Phi) is 24.0. The third kappa shape index (κ3) is 18.5. The van der Waals surface area contributed by atoms with Crippen molar-refractivity contribution in [3.8, 4) is 11.5 Å². The number of aliphatic hydroxyl groups is 8. The first-order valence-corrected chi connectivity index (χ1v) is 27.8. The average molecular weight is 1190 g/mol. The zero-order valence-corrected chi connectivity index (χ0v) is 48.8. The van der Waals surface area contributed by atoms with E-state index in [2.05, 4.69) is 26.6 Å². The van der Waals surface area contributed by atoms with E-state index in [1.54, 1.807) is 20.8 Å². The minimum absolute atomic E-state index is 0.150. The van der Waals surface area contributed by atoms with Gasteiger partial charge in [0.2, 0.25) is 35.4 Å². The molecule has 3 unspecified atom stereocenters. The van der Waals surface area contributed by atoms with Crippen LogP contribution in [-0.4, -0.2) is 240 Å². The van der Waals surface area contributed by atoms with Crippen LogP contribution in [0.2, 0.25) is 0 Å². The molecule has 3 aliphatic rings. The lowest BCUT2D eigenvalue weighted by molar-refractivity contribution is -0.147. The molecule has 0 aliphatic carbocycles. The van der Waals surface area contributed by atoms with Gasteiger partial charge in [-0.2, -0.15) is 0 Å². The van der Waals surface area contributed by atoms with Crippen molar-refractivity contribution in [1.29, 1.82) is 0 Å². The fourth-order valence-electron chi connectivity index (χ4n) is 9.86. The van der Waals surface area contributed by atoms with E-state index >= 15 is 9.59 Å². The lowest BCUT2D eigenvalue weighted by atomic mass is 9.98. The summed E-state index contributed by atoms with van der Waals surface area (Å²) in [5.41, 5.74) is -1.06. The van der Waals surface area contributed by atoms with Gasteiger partial charge in [-0.25, -0.2) is 9.59 Å². The number of alkyl carbamates (subject to hydrolysis) is 1. The number of rotatable bonds is 16. The van der Waals surface area contributed by atoms with Crippen LogP contribution in [0.25, 0.3) is 0 Å². The second-order valence-electron chi connectivity index (χ2n) is 23.4. The molecule has 0 spiro atoms. The zero-order valence-electron chi connectivity index (χ0n) is 48.8. The van der Waals surface area contributed by atoms with Crippen LogP contribution in [0.1, 0.15) is 85.8 Å².